The highest BCUT2D eigenvalue weighted by atomic mass is 16.4. The number of nitrogens with one attached hydrogen (secondary N) is 2. The molecule has 0 spiro atoms. The summed E-state index contributed by atoms with van der Waals surface area (Å²) in [4.78, 5) is 23.1. The van der Waals surface area contributed by atoms with Gasteiger partial charge in [0, 0.05) is 11.9 Å². The zero-order chi connectivity index (χ0) is 15.4. The topological polar surface area (TPSA) is 104 Å². The van der Waals surface area contributed by atoms with E-state index in [0.717, 1.165) is 0 Å². The standard InChI is InChI=1S/C14H16N4O3/c1-3-15-13(19)8(2)16-11-9-6-4-5-7-10(9)17-18-12(11)14(20)21/h4-8H,3H2,1-2H3,(H,15,19)(H,16,17)(H,20,21). The number of nitrogens with zero attached hydrogens (tertiary/aromatic N) is 2. The van der Waals surface area contributed by atoms with E-state index < -0.39 is 12.0 Å². The highest BCUT2D eigenvalue weighted by Crippen LogP contribution is 2.24. The normalized spacial score (nSPS) is 11.9. The Morgan fingerprint density at radius 2 is 2.00 bits per heavy atom. The molecule has 110 valence electrons. The number of rotatable bonds is 5. The smallest absolute Gasteiger partial charge is 0.358 e. The molecule has 21 heavy (non-hydrogen) atoms. The number of amides is 1. The number of anilines is 1. The molecule has 1 heterocycles. The molecule has 0 saturated carbocycles. The predicted molar refractivity (Wildman–Crippen MR) is 78.3 cm³/mol. The van der Waals surface area contributed by atoms with Gasteiger partial charge in [-0.2, -0.15) is 0 Å². The van der Waals surface area contributed by atoms with Crippen molar-refractivity contribution in [3.05, 3.63) is 30.0 Å². The van der Waals surface area contributed by atoms with Crippen LogP contribution in [0.2, 0.25) is 0 Å². The van der Waals surface area contributed by atoms with Crippen molar-refractivity contribution in [2.75, 3.05) is 11.9 Å². The molecular formula is C14H16N4O3. The molecule has 7 heteroatoms. The van der Waals surface area contributed by atoms with Crippen molar-refractivity contribution in [2.45, 2.75) is 19.9 Å². The number of likely N-dealkylation sites (N-methyl/N-ethyl adjacent to an activating group) is 1. The van der Waals surface area contributed by atoms with Crippen molar-refractivity contribution in [3.8, 4) is 0 Å². The van der Waals surface area contributed by atoms with Crippen molar-refractivity contribution < 1.29 is 14.7 Å². The monoisotopic (exact) mass is 288 g/mol. The summed E-state index contributed by atoms with van der Waals surface area (Å²) in [6, 6.07) is 6.45. The van der Waals surface area contributed by atoms with Crippen LogP contribution in [0, 0.1) is 0 Å². The van der Waals surface area contributed by atoms with E-state index in [-0.39, 0.29) is 11.6 Å². The quantitative estimate of drug-likeness (QED) is 0.765. The van der Waals surface area contributed by atoms with Crippen LogP contribution in [0.15, 0.2) is 24.3 Å². The maximum Gasteiger partial charge on any atom is 0.358 e. The van der Waals surface area contributed by atoms with Crippen molar-refractivity contribution >= 4 is 28.5 Å². The second-order valence-corrected chi connectivity index (χ2v) is 4.51. The summed E-state index contributed by atoms with van der Waals surface area (Å²) < 4.78 is 0. The molecule has 0 radical (unpaired) electrons. The first-order valence-corrected chi connectivity index (χ1v) is 6.57. The van der Waals surface area contributed by atoms with Crippen LogP contribution in [0.25, 0.3) is 10.9 Å². The average Bonchev–Trinajstić information content (AvgIpc) is 2.47. The fourth-order valence-corrected chi connectivity index (χ4v) is 1.96. The Labute approximate surface area is 121 Å². The highest BCUT2D eigenvalue weighted by molar-refractivity contribution is 6.03. The molecule has 7 nitrogen and oxygen atoms in total. The van der Waals surface area contributed by atoms with Crippen LogP contribution in [0.5, 0.6) is 0 Å². The zero-order valence-electron chi connectivity index (χ0n) is 11.8. The molecule has 0 aliphatic carbocycles. The molecule has 0 bridgehead atoms. The second-order valence-electron chi connectivity index (χ2n) is 4.51. The molecule has 1 amide bonds. The number of carbonyl (C=O) groups is 2. The van der Waals surface area contributed by atoms with E-state index in [1.165, 1.54) is 0 Å². The number of hydrogen-bond acceptors (Lipinski definition) is 5. The van der Waals surface area contributed by atoms with Crippen LogP contribution in [0.4, 0.5) is 5.69 Å². The summed E-state index contributed by atoms with van der Waals surface area (Å²) in [5, 5.41) is 23.1. The molecule has 0 aliphatic heterocycles. The predicted octanol–water partition coefficient (Wildman–Crippen LogP) is 1.26. The number of fused-ring (bicyclic) bond motifs is 1. The average molecular weight is 288 g/mol. The molecule has 0 aliphatic rings. The lowest BCUT2D eigenvalue weighted by atomic mass is 10.1. The summed E-state index contributed by atoms with van der Waals surface area (Å²) in [6.45, 7) is 3.98. The zero-order valence-corrected chi connectivity index (χ0v) is 11.8. The van der Waals surface area contributed by atoms with E-state index in [1.54, 1.807) is 31.2 Å². The second kappa shape index (κ2) is 6.17. The van der Waals surface area contributed by atoms with E-state index in [2.05, 4.69) is 20.8 Å². The Kier molecular flexibility index (Phi) is 4.32. The Morgan fingerprint density at radius 1 is 1.29 bits per heavy atom. The molecule has 2 rings (SSSR count). The molecule has 1 aromatic carbocycles. The van der Waals surface area contributed by atoms with Crippen LogP contribution in [-0.2, 0) is 4.79 Å². The minimum atomic E-state index is -1.20. The van der Waals surface area contributed by atoms with Crippen LogP contribution in [-0.4, -0.2) is 39.8 Å². The van der Waals surface area contributed by atoms with E-state index in [9.17, 15) is 14.7 Å². The van der Waals surface area contributed by atoms with Gasteiger partial charge in [-0.25, -0.2) is 4.79 Å². The number of carboxylic acid groups (broad SMARTS) is 1. The maximum absolute atomic E-state index is 11.8. The van der Waals surface area contributed by atoms with Gasteiger partial charge in [-0.1, -0.05) is 18.2 Å². The van der Waals surface area contributed by atoms with Gasteiger partial charge in [0.05, 0.1) is 11.2 Å². The molecule has 3 N–H and O–H groups in total. The van der Waals surface area contributed by atoms with Crippen molar-refractivity contribution in [1.82, 2.24) is 15.5 Å². The number of hydrogen-bond donors (Lipinski definition) is 3. The molecule has 1 atom stereocenters. The van der Waals surface area contributed by atoms with Gasteiger partial charge in [-0.3, -0.25) is 4.79 Å². The lowest BCUT2D eigenvalue weighted by Crippen LogP contribution is -2.37. The molecular weight excluding hydrogens is 272 g/mol. The van der Waals surface area contributed by atoms with E-state index in [0.29, 0.717) is 23.1 Å². The van der Waals surface area contributed by atoms with Gasteiger partial charge < -0.3 is 15.7 Å². The maximum atomic E-state index is 11.8. The number of aromatic carboxylic acids is 1. The summed E-state index contributed by atoms with van der Waals surface area (Å²) >= 11 is 0. The number of carbonyl (C=O) groups excluding carboxylic acids is 1. The summed E-state index contributed by atoms with van der Waals surface area (Å²) in [6.07, 6.45) is 0. The minimum absolute atomic E-state index is 0.204. The fourth-order valence-electron chi connectivity index (χ4n) is 1.96. The van der Waals surface area contributed by atoms with Gasteiger partial charge in [-0.15, -0.1) is 10.2 Å². The number of benzene rings is 1. The third-order valence-corrected chi connectivity index (χ3v) is 2.98. The molecule has 1 aromatic heterocycles. The first-order valence-electron chi connectivity index (χ1n) is 6.57. The SMILES string of the molecule is CCNC(=O)C(C)Nc1c(C(=O)O)nnc2ccccc12. The Hall–Kier alpha value is -2.70. The van der Waals surface area contributed by atoms with Gasteiger partial charge in [0.15, 0.2) is 5.69 Å². The summed E-state index contributed by atoms with van der Waals surface area (Å²) in [5.74, 6) is -1.41. The molecule has 0 fully saturated rings. The van der Waals surface area contributed by atoms with Gasteiger partial charge in [0.2, 0.25) is 5.91 Å². The largest absolute Gasteiger partial charge is 0.476 e. The van der Waals surface area contributed by atoms with E-state index in [4.69, 9.17) is 0 Å². The minimum Gasteiger partial charge on any atom is -0.476 e. The van der Waals surface area contributed by atoms with Gasteiger partial charge >= 0.3 is 5.97 Å². The molecule has 1 unspecified atom stereocenters. The highest BCUT2D eigenvalue weighted by Gasteiger charge is 2.20. The Bertz CT molecular complexity index is 687. The van der Waals surface area contributed by atoms with Crippen LogP contribution in [0.3, 0.4) is 0 Å². The lowest BCUT2D eigenvalue weighted by Gasteiger charge is -2.17. The third-order valence-electron chi connectivity index (χ3n) is 2.98. The van der Waals surface area contributed by atoms with Gasteiger partial charge in [0.1, 0.15) is 6.04 Å². The molecule has 0 saturated heterocycles. The summed E-state index contributed by atoms with van der Waals surface area (Å²) in [7, 11) is 0. The van der Waals surface area contributed by atoms with Crippen LogP contribution < -0.4 is 10.6 Å². The van der Waals surface area contributed by atoms with Crippen molar-refractivity contribution in [3.63, 3.8) is 0 Å². The third kappa shape index (κ3) is 3.07. The van der Waals surface area contributed by atoms with Crippen LogP contribution >= 0.6 is 0 Å². The molecule has 2 aromatic rings. The Morgan fingerprint density at radius 3 is 2.67 bits per heavy atom. The van der Waals surface area contributed by atoms with E-state index >= 15 is 0 Å². The number of carboxylic acids is 1. The van der Waals surface area contributed by atoms with Gasteiger partial charge in [0.25, 0.3) is 0 Å². The van der Waals surface area contributed by atoms with E-state index in [1.807, 2.05) is 6.92 Å². The van der Waals surface area contributed by atoms with Crippen molar-refractivity contribution in [2.24, 2.45) is 0 Å². The Balaban J connectivity index is 2.47. The van der Waals surface area contributed by atoms with Gasteiger partial charge in [-0.05, 0) is 19.9 Å². The summed E-state index contributed by atoms with van der Waals surface area (Å²) in [5.41, 5.74) is 0.657. The van der Waals surface area contributed by atoms with Crippen molar-refractivity contribution in [1.29, 1.82) is 0 Å². The first kappa shape index (κ1) is 14.7. The first-order chi connectivity index (χ1) is 10.0. The number of aromatic nitrogens is 2. The van der Waals surface area contributed by atoms with Crippen LogP contribution in [0.1, 0.15) is 24.3 Å². The lowest BCUT2D eigenvalue weighted by molar-refractivity contribution is -0.121. The fraction of sp³-hybridized carbons (Fsp3) is 0.286.